The highest BCUT2D eigenvalue weighted by atomic mass is 15.1. The molecule has 2 nitrogen and oxygen atoms in total. The van der Waals surface area contributed by atoms with E-state index < -0.39 is 0 Å². The van der Waals surface area contributed by atoms with Crippen LogP contribution >= 0.6 is 0 Å². The van der Waals surface area contributed by atoms with Gasteiger partial charge in [0.25, 0.3) is 0 Å². The van der Waals surface area contributed by atoms with Crippen LogP contribution < -0.4 is 5.32 Å². The Morgan fingerprint density at radius 3 is 2.56 bits per heavy atom. The number of hydrogen-bond donors (Lipinski definition) is 1. The van der Waals surface area contributed by atoms with Crippen LogP contribution in [0.5, 0.6) is 0 Å². The van der Waals surface area contributed by atoms with Gasteiger partial charge in [-0.05, 0) is 70.0 Å². The van der Waals surface area contributed by atoms with Crippen molar-refractivity contribution >= 4 is 0 Å². The average molecular weight is 252 g/mol. The molecular weight excluding hydrogens is 220 g/mol. The van der Waals surface area contributed by atoms with Crippen LogP contribution in [0.15, 0.2) is 0 Å². The van der Waals surface area contributed by atoms with Gasteiger partial charge >= 0.3 is 0 Å². The maximum Gasteiger partial charge on any atom is 0.0108 e. The molecule has 2 aliphatic rings. The molecule has 0 aromatic carbocycles. The van der Waals surface area contributed by atoms with E-state index in [1.54, 1.807) is 0 Å². The molecule has 1 saturated heterocycles. The minimum atomic E-state index is 0.799. The highest BCUT2D eigenvalue weighted by Crippen LogP contribution is 2.32. The number of likely N-dealkylation sites (tertiary alicyclic amines) is 1. The minimum Gasteiger partial charge on any atom is -0.314 e. The lowest BCUT2D eigenvalue weighted by Crippen LogP contribution is -2.45. The topological polar surface area (TPSA) is 15.3 Å². The van der Waals surface area contributed by atoms with Crippen LogP contribution in [-0.2, 0) is 0 Å². The van der Waals surface area contributed by atoms with Gasteiger partial charge in [-0.2, -0.15) is 0 Å². The largest absolute Gasteiger partial charge is 0.314 e. The van der Waals surface area contributed by atoms with Crippen LogP contribution in [-0.4, -0.2) is 37.1 Å². The molecule has 0 aromatic heterocycles. The first kappa shape index (κ1) is 14.3. The Labute approximate surface area is 114 Å². The van der Waals surface area contributed by atoms with E-state index >= 15 is 0 Å². The minimum absolute atomic E-state index is 0.799. The van der Waals surface area contributed by atoms with Crippen molar-refractivity contribution < 1.29 is 0 Å². The fraction of sp³-hybridized carbons (Fsp3) is 1.00. The second-order valence-corrected chi connectivity index (χ2v) is 6.42. The smallest absolute Gasteiger partial charge is 0.0108 e. The van der Waals surface area contributed by atoms with Crippen molar-refractivity contribution in [1.82, 2.24) is 10.2 Å². The van der Waals surface area contributed by atoms with E-state index in [4.69, 9.17) is 0 Å². The van der Waals surface area contributed by atoms with Gasteiger partial charge in [0.05, 0.1) is 0 Å². The van der Waals surface area contributed by atoms with Crippen LogP contribution in [0.4, 0.5) is 0 Å². The van der Waals surface area contributed by atoms with Gasteiger partial charge in [-0.15, -0.1) is 0 Å². The Morgan fingerprint density at radius 1 is 1.11 bits per heavy atom. The normalized spacial score (nSPS) is 34.0. The Bertz CT molecular complexity index is 223. The van der Waals surface area contributed by atoms with Gasteiger partial charge in [-0.25, -0.2) is 0 Å². The van der Waals surface area contributed by atoms with E-state index in [0.29, 0.717) is 0 Å². The second kappa shape index (κ2) is 7.49. The third-order valence-corrected chi connectivity index (χ3v) is 5.02. The Morgan fingerprint density at radius 2 is 1.89 bits per heavy atom. The molecule has 0 amide bonds. The third kappa shape index (κ3) is 3.96. The predicted octanol–water partition coefficient (Wildman–Crippen LogP) is 3.28. The fourth-order valence-electron chi connectivity index (χ4n) is 3.83. The predicted molar refractivity (Wildman–Crippen MR) is 78.9 cm³/mol. The van der Waals surface area contributed by atoms with Gasteiger partial charge < -0.3 is 10.2 Å². The maximum absolute atomic E-state index is 3.81. The molecule has 18 heavy (non-hydrogen) atoms. The number of rotatable bonds is 6. The molecule has 1 N–H and O–H groups in total. The number of hydrogen-bond acceptors (Lipinski definition) is 2. The van der Waals surface area contributed by atoms with E-state index in [-0.39, 0.29) is 0 Å². The van der Waals surface area contributed by atoms with Crippen LogP contribution in [0.25, 0.3) is 0 Å². The lowest BCUT2D eigenvalue weighted by Gasteiger charge is -2.38. The molecule has 1 saturated carbocycles. The van der Waals surface area contributed by atoms with Gasteiger partial charge in [0.2, 0.25) is 0 Å². The first-order valence-corrected chi connectivity index (χ1v) is 8.29. The summed E-state index contributed by atoms with van der Waals surface area (Å²) in [5.74, 6) is 1.91. The zero-order valence-electron chi connectivity index (χ0n) is 12.5. The first-order valence-electron chi connectivity index (χ1n) is 8.29. The van der Waals surface area contributed by atoms with E-state index in [9.17, 15) is 0 Å². The maximum atomic E-state index is 3.81. The summed E-state index contributed by atoms with van der Waals surface area (Å²) >= 11 is 0. The van der Waals surface area contributed by atoms with Crippen molar-refractivity contribution in [2.75, 3.05) is 26.2 Å². The third-order valence-electron chi connectivity index (χ3n) is 5.02. The molecule has 1 aliphatic heterocycles. The number of nitrogens with one attached hydrogen (secondary N) is 1. The van der Waals surface area contributed by atoms with Gasteiger partial charge in [-0.1, -0.05) is 20.3 Å². The van der Waals surface area contributed by atoms with Gasteiger partial charge in [-0.3, -0.25) is 0 Å². The summed E-state index contributed by atoms with van der Waals surface area (Å²) < 4.78 is 0. The van der Waals surface area contributed by atoms with Crippen molar-refractivity contribution in [3.8, 4) is 0 Å². The SMILES string of the molecule is CCCNC1CCC(CC)CC1CN1CCCC1. The molecule has 2 rings (SSSR count). The quantitative estimate of drug-likeness (QED) is 0.780. The monoisotopic (exact) mass is 252 g/mol. The van der Waals surface area contributed by atoms with Gasteiger partial charge in [0.15, 0.2) is 0 Å². The van der Waals surface area contributed by atoms with E-state index in [1.807, 2.05) is 0 Å². The van der Waals surface area contributed by atoms with Gasteiger partial charge in [0, 0.05) is 12.6 Å². The van der Waals surface area contributed by atoms with Gasteiger partial charge in [0.1, 0.15) is 0 Å². The summed E-state index contributed by atoms with van der Waals surface area (Å²) in [5, 5.41) is 3.81. The fourth-order valence-corrected chi connectivity index (χ4v) is 3.83. The van der Waals surface area contributed by atoms with Crippen LogP contribution in [0, 0.1) is 11.8 Å². The molecule has 0 radical (unpaired) electrons. The molecule has 2 fully saturated rings. The van der Waals surface area contributed by atoms with Crippen molar-refractivity contribution in [2.24, 2.45) is 11.8 Å². The van der Waals surface area contributed by atoms with Crippen LogP contribution in [0.2, 0.25) is 0 Å². The molecule has 1 aliphatic carbocycles. The zero-order valence-corrected chi connectivity index (χ0v) is 12.5. The average Bonchev–Trinajstić information content (AvgIpc) is 2.90. The lowest BCUT2D eigenvalue weighted by atomic mass is 9.76. The summed E-state index contributed by atoms with van der Waals surface area (Å²) in [5.41, 5.74) is 0. The number of nitrogens with zero attached hydrogens (tertiary/aromatic N) is 1. The molecule has 3 unspecified atom stereocenters. The lowest BCUT2D eigenvalue weighted by molar-refractivity contribution is 0.151. The molecule has 0 aromatic rings. The summed E-state index contributed by atoms with van der Waals surface area (Å²) in [4.78, 5) is 2.71. The second-order valence-electron chi connectivity index (χ2n) is 6.42. The van der Waals surface area contributed by atoms with Crippen LogP contribution in [0.3, 0.4) is 0 Å². The molecule has 0 spiro atoms. The highest BCUT2D eigenvalue weighted by Gasteiger charge is 2.31. The summed E-state index contributed by atoms with van der Waals surface area (Å²) in [7, 11) is 0. The zero-order chi connectivity index (χ0) is 12.8. The van der Waals surface area contributed by atoms with E-state index in [0.717, 1.165) is 17.9 Å². The Kier molecular flexibility index (Phi) is 5.97. The van der Waals surface area contributed by atoms with Crippen molar-refractivity contribution in [1.29, 1.82) is 0 Å². The van der Waals surface area contributed by atoms with Crippen LogP contribution in [0.1, 0.15) is 58.8 Å². The molecule has 0 bridgehead atoms. The molecule has 106 valence electrons. The van der Waals surface area contributed by atoms with Crippen molar-refractivity contribution in [3.05, 3.63) is 0 Å². The standard InChI is InChI=1S/C16H32N2/c1-3-9-17-16-8-7-14(4-2)12-15(16)13-18-10-5-6-11-18/h14-17H,3-13H2,1-2H3. The van der Waals surface area contributed by atoms with E-state index in [1.165, 1.54) is 71.1 Å². The van der Waals surface area contributed by atoms with Crippen molar-refractivity contribution in [3.63, 3.8) is 0 Å². The molecule has 3 atom stereocenters. The first-order chi connectivity index (χ1) is 8.83. The molecular formula is C16H32N2. The highest BCUT2D eigenvalue weighted by molar-refractivity contribution is 4.87. The Balaban J connectivity index is 1.85. The summed E-state index contributed by atoms with van der Waals surface area (Å²) in [6.45, 7) is 9.93. The summed E-state index contributed by atoms with van der Waals surface area (Å²) in [6.07, 6.45) is 9.84. The Hall–Kier alpha value is -0.0800. The summed E-state index contributed by atoms with van der Waals surface area (Å²) in [6, 6.07) is 0.799. The molecule has 1 heterocycles. The molecule has 2 heteroatoms. The van der Waals surface area contributed by atoms with E-state index in [2.05, 4.69) is 24.1 Å². The van der Waals surface area contributed by atoms with Crippen molar-refractivity contribution in [2.45, 2.75) is 64.8 Å².